The van der Waals surface area contributed by atoms with Gasteiger partial charge in [0.1, 0.15) is 0 Å². The second-order valence-electron chi connectivity index (χ2n) is 7.45. The predicted octanol–water partition coefficient (Wildman–Crippen LogP) is 4.96. The van der Waals surface area contributed by atoms with Crippen LogP contribution in [0.15, 0.2) is 46.0 Å². The smallest absolute Gasteiger partial charge is 0.192 e. The molecule has 0 radical (unpaired) electrons. The number of carbonyl (C=O) groups excluding carboxylic acids is 1. The standard InChI is InChI=1S/C22H20BrN3O3S/c1-28-17-9-13-10-19(20(27)16(13)11-18(17)29-2)30-22-25-24-21(26(22)15-7-8-15)12-3-5-14(23)6-4-12/h3-6,9,11,15,19H,7-8,10H2,1-2H3. The summed E-state index contributed by atoms with van der Waals surface area (Å²) in [5.74, 6) is 2.19. The zero-order valence-corrected chi connectivity index (χ0v) is 19.0. The van der Waals surface area contributed by atoms with Crippen LogP contribution in [0.4, 0.5) is 0 Å². The number of nitrogens with zero attached hydrogens (tertiary/aromatic N) is 3. The molecule has 0 spiro atoms. The van der Waals surface area contributed by atoms with Gasteiger partial charge in [0.2, 0.25) is 0 Å². The maximum Gasteiger partial charge on any atom is 0.192 e. The average molecular weight is 486 g/mol. The number of hydrogen-bond acceptors (Lipinski definition) is 6. The van der Waals surface area contributed by atoms with E-state index < -0.39 is 0 Å². The second-order valence-corrected chi connectivity index (χ2v) is 9.54. The fourth-order valence-electron chi connectivity index (χ4n) is 3.82. The maximum absolute atomic E-state index is 13.1. The van der Waals surface area contributed by atoms with Gasteiger partial charge in [0.05, 0.1) is 19.5 Å². The van der Waals surface area contributed by atoms with Crippen LogP contribution in [0.2, 0.25) is 0 Å². The van der Waals surface area contributed by atoms with Crippen LogP contribution >= 0.6 is 27.7 Å². The molecule has 1 heterocycles. The van der Waals surface area contributed by atoms with Gasteiger partial charge in [-0.1, -0.05) is 39.8 Å². The molecule has 0 N–H and O–H groups in total. The molecule has 2 aliphatic carbocycles. The molecule has 154 valence electrons. The van der Waals surface area contributed by atoms with E-state index in [1.807, 2.05) is 30.3 Å². The number of fused-ring (bicyclic) bond motifs is 1. The molecular formula is C22H20BrN3O3S. The van der Waals surface area contributed by atoms with E-state index in [1.54, 1.807) is 20.3 Å². The first-order valence-electron chi connectivity index (χ1n) is 9.75. The Morgan fingerprint density at radius 3 is 2.43 bits per heavy atom. The molecule has 1 unspecified atom stereocenters. The van der Waals surface area contributed by atoms with E-state index in [4.69, 9.17) is 9.47 Å². The van der Waals surface area contributed by atoms with Crippen molar-refractivity contribution >= 4 is 33.5 Å². The third kappa shape index (κ3) is 3.41. The highest BCUT2D eigenvalue weighted by Gasteiger charge is 2.36. The topological polar surface area (TPSA) is 66.2 Å². The molecule has 1 atom stereocenters. The third-order valence-electron chi connectivity index (χ3n) is 5.50. The Balaban J connectivity index is 1.45. The van der Waals surface area contributed by atoms with Gasteiger partial charge in [0.25, 0.3) is 0 Å². The van der Waals surface area contributed by atoms with Gasteiger partial charge in [-0.25, -0.2) is 0 Å². The van der Waals surface area contributed by atoms with Crippen molar-refractivity contribution in [2.45, 2.75) is 35.7 Å². The van der Waals surface area contributed by atoms with Crippen molar-refractivity contribution < 1.29 is 14.3 Å². The molecule has 2 aliphatic rings. The monoisotopic (exact) mass is 485 g/mol. The molecular weight excluding hydrogens is 466 g/mol. The number of aromatic nitrogens is 3. The quantitative estimate of drug-likeness (QED) is 0.491. The fourth-order valence-corrected chi connectivity index (χ4v) is 5.28. The molecule has 8 heteroatoms. The van der Waals surface area contributed by atoms with Gasteiger partial charge >= 0.3 is 0 Å². The lowest BCUT2D eigenvalue weighted by Crippen LogP contribution is -2.13. The molecule has 2 aromatic carbocycles. The van der Waals surface area contributed by atoms with Crippen LogP contribution in [0, 0.1) is 0 Å². The zero-order valence-electron chi connectivity index (χ0n) is 16.6. The highest BCUT2D eigenvalue weighted by atomic mass is 79.9. The van der Waals surface area contributed by atoms with Gasteiger partial charge in [-0.05, 0) is 49.1 Å². The summed E-state index contributed by atoms with van der Waals surface area (Å²) in [7, 11) is 3.19. The molecule has 1 aromatic heterocycles. The lowest BCUT2D eigenvalue weighted by Gasteiger charge is -2.11. The second kappa shape index (κ2) is 7.74. The number of methoxy groups -OCH3 is 2. The summed E-state index contributed by atoms with van der Waals surface area (Å²) in [5.41, 5.74) is 2.72. The van der Waals surface area contributed by atoms with Crippen LogP contribution in [0.5, 0.6) is 11.5 Å². The van der Waals surface area contributed by atoms with E-state index in [-0.39, 0.29) is 11.0 Å². The summed E-state index contributed by atoms with van der Waals surface area (Å²) in [6.45, 7) is 0. The van der Waals surface area contributed by atoms with Crippen LogP contribution in [0.1, 0.15) is 34.8 Å². The molecule has 1 saturated carbocycles. The summed E-state index contributed by atoms with van der Waals surface area (Å²) in [5, 5.41) is 9.52. The lowest BCUT2D eigenvalue weighted by atomic mass is 10.1. The van der Waals surface area contributed by atoms with Crippen LogP contribution in [-0.2, 0) is 6.42 Å². The van der Waals surface area contributed by atoms with Crippen LogP contribution in [0.3, 0.4) is 0 Å². The summed E-state index contributed by atoms with van der Waals surface area (Å²) < 4.78 is 14.0. The Morgan fingerprint density at radius 2 is 1.77 bits per heavy atom. The van der Waals surface area contributed by atoms with Gasteiger partial charge in [-0.3, -0.25) is 9.36 Å². The minimum absolute atomic E-state index is 0.103. The number of ether oxygens (including phenoxy) is 2. The lowest BCUT2D eigenvalue weighted by molar-refractivity contribution is 0.1000. The fraction of sp³-hybridized carbons (Fsp3) is 0.318. The number of benzene rings is 2. The van der Waals surface area contributed by atoms with Crippen LogP contribution in [-0.4, -0.2) is 40.0 Å². The normalized spacial score (nSPS) is 17.8. The molecule has 0 saturated heterocycles. The van der Waals surface area contributed by atoms with E-state index in [9.17, 15) is 4.79 Å². The molecule has 6 nitrogen and oxygen atoms in total. The molecule has 1 fully saturated rings. The Hall–Kier alpha value is -2.32. The first-order chi connectivity index (χ1) is 14.6. The number of hydrogen-bond donors (Lipinski definition) is 0. The minimum Gasteiger partial charge on any atom is -0.493 e. The molecule has 3 aromatic rings. The van der Waals surface area contributed by atoms with E-state index in [0.29, 0.717) is 29.5 Å². The van der Waals surface area contributed by atoms with Crippen molar-refractivity contribution in [1.29, 1.82) is 0 Å². The molecule has 0 amide bonds. The Labute approximate surface area is 187 Å². The molecule has 5 rings (SSSR count). The van der Waals surface area contributed by atoms with Crippen molar-refractivity contribution in [2.75, 3.05) is 14.2 Å². The number of Topliss-reactive ketones (excluding diaryl/α,β-unsaturated/α-hetero) is 1. The first-order valence-corrected chi connectivity index (χ1v) is 11.4. The van der Waals surface area contributed by atoms with Crippen LogP contribution < -0.4 is 9.47 Å². The van der Waals surface area contributed by atoms with Gasteiger partial charge in [-0.2, -0.15) is 0 Å². The zero-order chi connectivity index (χ0) is 20.8. The van der Waals surface area contributed by atoms with Crippen molar-refractivity contribution in [3.8, 4) is 22.9 Å². The van der Waals surface area contributed by atoms with Gasteiger partial charge in [0.15, 0.2) is 28.3 Å². The van der Waals surface area contributed by atoms with E-state index in [2.05, 4.69) is 30.7 Å². The van der Waals surface area contributed by atoms with E-state index in [1.165, 1.54) is 11.8 Å². The number of halogens is 1. The number of thioether (sulfide) groups is 1. The largest absolute Gasteiger partial charge is 0.493 e. The Morgan fingerprint density at radius 1 is 1.07 bits per heavy atom. The highest BCUT2D eigenvalue weighted by molar-refractivity contribution is 9.10. The number of rotatable bonds is 6. The van der Waals surface area contributed by atoms with Crippen molar-refractivity contribution in [1.82, 2.24) is 14.8 Å². The predicted molar refractivity (Wildman–Crippen MR) is 119 cm³/mol. The summed E-state index contributed by atoms with van der Waals surface area (Å²) in [6.07, 6.45) is 2.87. The van der Waals surface area contributed by atoms with Gasteiger partial charge < -0.3 is 9.47 Å². The van der Waals surface area contributed by atoms with Crippen molar-refractivity contribution in [2.24, 2.45) is 0 Å². The van der Waals surface area contributed by atoms with Gasteiger partial charge in [-0.15, -0.1) is 10.2 Å². The number of carbonyl (C=O) groups is 1. The SMILES string of the molecule is COc1cc2c(cc1OC)C(=O)C(Sc1nnc(-c3ccc(Br)cc3)n1C1CC1)C2. The van der Waals surface area contributed by atoms with E-state index in [0.717, 1.165) is 39.4 Å². The van der Waals surface area contributed by atoms with Crippen molar-refractivity contribution in [3.05, 3.63) is 52.0 Å². The summed E-state index contributed by atoms with van der Waals surface area (Å²) in [4.78, 5) is 13.1. The number of ketones is 1. The van der Waals surface area contributed by atoms with Gasteiger partial charge in [0, 0.05) is 21.6 Å². The molecule has 0 aliphatic heterocycles. The Kier molecular flexibility index (Phi) is 5.06. The summed E-state index contributed by atoms with van der Waals surface area (Å²) in [6, 6.07) is 12.2. The Bertz CT molecular complexity index is 1130. The first kappa shape index (κ1) is 19.6. The highest BCUT2D eigenvalue weighted by Crippen LogP contribution is 2.44. The van der Waals surface area contributed by atoms with E-state index >= 15 is 0 Å². The third-order valence-corrected chi connectivity index (χ3v) is 7.18. The van der Waals surface area contributed by atoms with Crippen LogP contribution in [0.25, 0.3) is 11.4 Å². The van der Waals surface area contributed by atoms with Crippen molar-refractivity contribution in [3.63, 3.8) is 0 Å². The molecule has 0 bridgehead atoms. The summed E-state index contributed by atoms with van der Waals surface area (Å²) >= 11 is 4.99. The minimum atomic E-state index is -0.226. The molecule has 30 heavy (non-hydrogen) atoms. The maximum atomic E-state index is 13.1. The average Bonchev–Trinajstić information content (AvgIpc) is 3.45.